The molecule has 0 aliphatic rings. The summed E-state index contributed by atoms with van der Waals surface area (Å²) in [6, 6.07) is 7.94. The number of nitrogens with two attached hydrogens (primary N) is 1. The molecule has 0 saturated heterocycles. The molecule has 1 heterocycles. The predicted octanol–water partition coefficient (Wildman–Crippen LogP) is 3.08. The number of benzene rings is 1. The van der Waals surface area contributed by atoms with Crippen molar-refractivity contribution in [3.8, 4) is 6.07 Å². The molecule has 0 aliphatic heterocycles. The second kappa shape index (κ2) is 3.52. The Morgan fingerprint density at radius 1 is 1.50 bits per heavy atom. The average Bonchev–Trinajstić information content (AvgIpc) is 2.60. The second-order valence-electron chi connectivity index (χ2n) is 2.82. The molecule has 0 bridgehead atoms. The summed E-state index contributed by atoms with van der Waals surface area (Å²) in [5, 5.41) is 9.94. The van der Waals surface area contributed by atoms with Crippen molar-refractivity contribution in [2.45, 2.75) is 4.21 Å². The molecule has 2 N–H and O–H groups in total. The smallest absolute Gasteiger partial charge is 0.102 e. The van der Waals surface area contributed by atoms with Crippen molar-refractivity contribution < 1.29 is 0 Å². The molecule has 4 heteroatoms. The Balaban J connectivity index is 2.81. The number of hydrogen-bond donors (Lipinski definition) is 1. The number of hydrogen-bond acceptors (Lipinski definition) is 4. The van der Waals surface area contributed by atoms with Gasteiger partial charge in [-0.15, -0.1) is 23.1 Å². The number of fused-ring (bicyclic) bond motifs is 1. The summed E-state index contributed by atoms with van der Waals surface area (Å²) in [5.41, 5.74) is 6.88. The van der Waals surface area contributed by atoms with Crippen molar-refractivity contribution in [2.75, 3.05) is 12.0 Å². The van der Waals surface area contributed by atoms with Gasteiger partial charge >= 0.3 is 0 Å². The normalized spacial score (nSPS) is 10.3. The highest BCUT2D eigenvalue weighted by Gasteiger charge is 2.08. The summed E-state index contributed by atoms with van der Waals surface area (Å²) < 4.78 is 2.34. The Hall–Kier alpha value is -1.18. The third kappa shape index (κ3) is 1.35. The molecule has 14 heavy (non-hydrogen) atoms. The zero-order valence-corrected chi connectivity index (χ0v) is 9.21. The lowest BCUT2D eigenvalue weighted by Crippen LogP contribution is -1.89. The molecule has 0 atom stereocenters. The first kappa shape index (κ1) is 9.38. The van der Waals surface area contributed by atoms with Crippen LogP contribution in [0.4, 0.5) is 5.69 Å². The molecule has 70 valence electrons. The monoisotopic (exact) mass is 220 g/mol. The van der Waals surface area contributed by atoms with E-state index in [1.807, 2.05) is 18.4 Å². The van der Waals surface area contributed by atoms with Gasteiger partial charge in [0.05, 0.1) is 15.5 Å². The zero-order chi connectivity index (χ0) is 10.1. The molecule has 0 spiro atoms. The Bertz CT molecular complexity index is 523. The summed E-state index contributed by atoms with van der Waals surface area (Å²) in [4.78, 5) is 0. The van der Waals surface area contributed by atoms with Crippen LogP contribution in [-0.4, -0.2) is 6.26 Å². The Morgan fingerprint density at radius 2 is 2.29 bits per heavy atom. The maximum atomic E-state index is 8.97. The Kier molecular flexibility index (Phi) is 2.36. The van der Waals surface area contributed by atoms with E-state index < -0.39 is 0 Å². The van der Waals surface area contributed by atoms with Crippen LogP contribution in [0.25, 0.3) is 10.1 Å². The van der Waals surface area contributed by atoms with Gasteiger partial charge in [-0.2, -0.15) is 5.26 Å². The van der Waals surface area contributed by atoms with Crippen LogP contribution in [0.15, 0.2) is 22.4 Å². The maximum absolute atomic E-state index is 8.97. The van der Waals surface area contributed by atoms with E-state index in [-0.39, 0.29) is 0 Å². The first-order valence-corrected chi connectivity index (χ1v) is 6.06. The van der Waals surface area contributed by atoms with Crippen molar-refractivity contribution in [1.29, 1.82) is 5.26 Å². The minimum Gasteiger partial charge on any atom is -0.398 e. The van der Waals surface area contributed by atoms with Crippen LogP contribution in [0.5, 0.6) is 0 Å². The molecule has 0 unspecified atom stereocenters. The lowest BCUT2D eigenvalue weighted by molar-refractivity contribution is 1.50. The van der Waals surface area contributed by atoms with Crippen LogP contribution < -0.4 is 5.73 Å². The number of nitrogens with zero attached hydrogens (tertiary/aromatic N) is 1. The second-order valence-corrected chi connectivity index (χ2v) is 5.01. The van der Waals surface area contributed by atoms with Gasteiger partial charge in [-0.25, -0.2) is 0 Å². The fourth-order valence-corrected chi connectivity index (χ4v) is 2.97. The summed E-state index contributed by atoms with van der Waals surface area (Å²) in [6.07, 6.45) is 2.03. The van der Waals surface area contributed by atoms with E-state index in [1.165, 1.54) is 4.21 Å². The highest BCUT2D eigenvalue weighted by atomic mass is 32.2. The maximum Gasteiger partial charge on any atom is 0.102 e. The fourth-order valence-electron chi connectivity index (χ4n) is 1.33. The molecule has 0 amide bonds. The van der Waals surface area contributed by atoms with Gasteiger partial charge in [0.1, 0.15) is 6.07 Å². The molecule has 0 saturated carbocycles. The highest BCUT2D eigenvalue weighted by molar-refractivity contribution is 8.00. The summed E-state index contributed by atoms with van der Waals surface area (Å²) in [6.45, 7) is 0. The summed E-state index contributed by atoms with van der Waals surface area (Å²) in [7, 11) is 0. The van der Waals surface area contributed by atoms with Crippen LogP contribution in [-0.2, 0) is 0 Å². The number of nitrogen functional groups attached to an aromatic ring is 1. The molecule has 2 aromatic rings. The quantitative estimate of drug-likeness (QED) is 0.593. The van der Waals surface area contributed by atoms with Gasteiger partial charge in [-0.05, 0) is 24.5 Å². The molecule has 1 aromatic heterocycles. The number of nitriles is 1. The van der Waals surface area contributed by atoms with Crippen molar-refractivity contribution in [2.24, 2.45) is 0 Å². The van der Waals surface area contributed by atoms with Gasteiger partial charge in [0.25, 0.3) is 0 Å². The third-order valence-corrected chi connectivity index (χ3v) is 4.19. The number of thioether (sulfide) groups is 1. The standard InChI is InChI=1S/C10H8N2S2/c1-13-10-4-6-7(5-11)8(12)2-3-9(6)14-10/h2-4H,12H2,1H3. The first-order chi connectivity index (χ1) is 6.76. The third-order valence-electron chi connectivity index (χ3n) is 2.02. The van der Waals surface area contributed by atoms with Crippen molar-refractivity contribution in [3.63, 3.8) is 0 Å². The van der Waals surface area contributed by atoms with E-state index in [2.05, 4.69) is 6.07 Å². The molecule has 2 nitrogen and oxygen atoms in total. The van der Waals surface area contributed by atoms with Gasteiger partial charge in [0.15, 0.2) is 0 Å². The summed E-state index contributed by atoms with van der Waals surface area (Å²) in [5.74, 6) is 0. The van der Waals surface area contributed by atoms with Gasteiger partial charge < -0.3 is 5.73 Å². The van der Waals surface area contributed by atoms with Crippen LogP contribution in [0.3, 0.4) is 0 Å². The largest absolute Gasteiger partial charge is 0.398 e. The van der Waals surface area contributed by atoms with E-state index in [1.54, 1.807) is 29.2 Å². The molecular formula is C10H8N2S2. The van der Waals surface area contributed by atoms with Crippen LogP contribution in [0.2, 0.25) is 0 Å². The van der Waals surface area contributed by atoms with Gasteiger partial charge in [0, 0.05) is 10.1 Å². The van der Waals surface area contributed by atoms with Crippen molar-refractivity contribution in [1.82, 2.24) is 0 Å². The molecular weight excluding hydrogens is 212 g/mol. The van der Waals surface area contributed by atoms with E-state index in [0.29, 0.717) is 11.3 Å². The van der Waals surface area contributed by atoms with Crippen molar-refractivity contribution in [3.05, 3.63) is 23.8 Å². The van der Waals surface area contributed by atoms with Crippen molar-refractivity contribution >= 4 is 38.9 Å². The summed E-state index contributed by atoms with van der Waals surface area (Å²) >= 11 is 3.38. The Morgan fingerprint density at radius 3 is 2.93 bits per heavy atom. The fraction of sp³-hybridized carbons (Fsp3) is 0.100. The number of thiophene rings is 1. The molecule has 1 aromatic carbocycles. The van der Waals surface area contributed by atoms with Gasteiger partial charge in [-0.1, -0.05) is 0 Å². The molecule has 2 rings (SSSR count). The van der Waals surface area contributed by atoms with E-state index in [9.17, 15) is 0 Å². The lowest BCUT2D eigenvalue weighted by Gasteiger charge is -1.96. The first-order valence-electron chi connectivity index (χ1n) is 4.02. The average molecular weight is 220 g/mol. The Labute approximate surface area is 90.3 Å². The molecule has 0 radical (unpaired) electrons. The zero-order valence-electron chi connectivity index (χ0n) is 7.57. The van der Waals surface area contributed by atoms with Gasteiger partial charge in [0.2, 0.25) is 0 Å². The minimum absolute atomic E-state index is 0.561. The SMILES string of the molecule is CSc1cc2c(C#N)c(N)ccc2s1. The number of anilines is 1. The van der Waals surface area contributed by atoms with Gasteiger partial charge in [-0.3, -0.25) is 0 Å². The van der Waals surface area contributed by atoms with Crippen LogP contribution in [0.1, 0.15) is 5.56 Å². The number of rotatable bonds is 1. The minimum atomic E-state index is 0.561. The van der Waals surface area contributed by atoms with Crippen LogP contribution in [0, 0.1) is 11.3 Å². The van der Waals surface area contributed by atoms with E-state index in [0.717, 1.165) is 10.1 Å². The molecule has 0 aliphatic carbocycles. The van der Waals surface area contributed by atoms with Crippen LogP contribution >= 0.6 is 23.1 Å². The van der Waals surface area contributed by atoms with E-state index in [4.69, 9.17) is 11.0 Å². The topological polar surface area (TPSA) is 49.8 Å². The molecule has 0 fully saturated rings. The predicted molar refractivity (Wildman–Crippen MR) is 62.7 cm³/mol. The lowest BCUT2D eigenvalue weighted by atomic mass is 10.1. The highest BCUT2D eigenvalue weighted by Crippen LogP contribution is 2.35. The van der Waals surface area contributed by atoms with E-state index >= 15 is 0 Å².